The SMILES string of the molecule is CNC(=O)C(C)NCCc1scnc1C. The molecule has 0 aliphatic carbocycles. The highest BCUT2D eigenvalue weighted by molar-refractivity contribution is 7.09. The number of hydrogen-bond donors (Lipinski definition) is 2. The van der Waals surface area contributed by atoms with Gasteiger partial charge in [0, 0.05) is 18.5 Å². The summed E-state index contributed by atoms with van der Waals surface area (Å²) >= 11 is 1.66. The van der Waals surface area contributed by atoms with Crippen LogP contribution in [0.3, 0.4) is 0 Å². The Hall–Kier alpha value is -0.940. The molecule has 1 aromatic heterocycles. The molecule has 2 N–H and O–H groups in total. The molecule has 1 aromatic rings. The first kappa shape index (κ1) is 12.1. The first-order chi connectivity index (χ1) is 7.15. The van der Waals surface area contributed by atoms with Crippen molar-refractivity contribution in [1.29, 1.82) is 0 Å². The summed E-state index contributed by atoms with van der Waals surface area (Å²) in [5.74, 6) is 0.0241. The van der Waals surface area contributed by atoms with Gasteiger partial charge < -0.3 is 10.6 Å². The number of rotatable bonds is 5. The van der Waals surface area contributed by atoms with Crippen LogP contribution in [0.15, 0.2) is 5.51 Å². The summed E-state index contributed by atoms with van der Waals surface area (Å²) < 4.78 is 0. The molecule has 0 saturated heterocycles. The molecule has 15 heavy (non-hydrogen) atoms. The van der Waals surface area contributed by atoms with Crippen LogP contribution in [-0.2, 0) is 11.2 Å². The fourth-order valence-electron chi connectivity index (χ4n) is 1.28. The Balaban J connectivity index is 2.28. The first-order valence-corrected chi connectivity index (χ1v) is 5.87. The molecule has 1 unspecified atom stereocenters. The summed E-state index contributed by atoms with van der Waals surface area (Å²) in [4.78, 5) is 16.6. The third-order valence-electron chi connectivity index (χ3n) is 2.29. The number of carbonyl (C=O) groups excluding carboxylic acids is 1. The van der Waals surface area contributed by atoms with E-state index in [2.05, 4.69) is 15.6 Å². The molecule has 0 aliphatic rings. The lowest BCUT2D eigenvalue weighted by Gasteiger charge is -2.11. The summed E-state index contributed by atoms with van der Waals surface area (Å²) in [6.07, 6.45) is 0.928. The van der Waals surface area contributed by atoms with Gasteiger partial charge in [0.2, 0.25) is 5.91 Å². The summed E-state index contributed by atoms with van der Waals surface area (Å²) in [7, 11) is 1.65. The summed E-state index contributed by atoms with van der Waals surface area (Å²) in [5.41, 5.74) is 2.95. The number of aromatic nitrogens is 1. The number of nitrogens with one attached hydrogen (secondary N) is 2. The highest BCUT2D eigenvalue weighted by atomic mass is 32.1. The van der Waals surface area contributed by atoms with Crippen LogP contribution in [0.5, 0.6) is 0 Å². The maximum absolute atomic E-state index is 11.2. The number of likely N-dealkylation sites (N-methyl/N-ethyl adjacent to an activating group) is 1. The van der Waals surface area contributed by atoms with Crippen molar-refractivity contribution in [2.45, 2.75) is 26.3 Å². The van der Waals surface area contributed by atoms with Gasteiger partial charge in [-0.2, -0.15) is 0 Å². The van der Waals surface area contributed by atoms with Crippen molar-refractivity contribution in [2.24, 2.45) is 0 Å². The lowest BCUT2D eigenvalue weighted by molar-refractivity contribution is -0.122. The monoisotopic (exact) mass is 227 g/mol. The van der Waals surface area contributed by atoms with Crippen molar-refractivity contribution in [1.82, 2.24) is 15.6 Å². The lowest BCUT2D eigenvalue weighted by Crippen LogP contribution is -2.41. The van der Waals surface area contributed by atoms with Crippen LogP contribution in [0, 0.1) is 6.92 Å². The van der Waals surface area contributed by atoms with Crippen LogP contribution in [0.2, 0.25) is 0 Å². The van der Waals surface area contributed by atoms with E-state index in [1.165, 1.54) is 4.88 Å². The zero-order valence-electron chi connectivity index (χ0n) is 9.33. The molecule has 0 aliphatic heterocycles. The molecular formula is C10H17N3OS. The zero-order valence-corrected chi connectivity index (χ0v) is 10.1. The van der Waals surface area contributed by atoms with Gasteiger partial charge in [-0.3, -0.25) is 4.79 Å². The van der Waals surface area contributed by atoms with Crippen LogP contribution in [0.1, 0.15) is 17.5 Å². The van der Waals surface area contributed by atoms with E-state index in [0.717, 1.165) is 18.7 Å². The molecule has 0 spiro atoms. The van der Waals surface area contributed by atoms with Crippen molar-refractivity contribution in [3.05, 3.63) is 16.1 Å². The minimum atomic E-state index is -0.136. The van der Waals surface area contributed by atoms with E-state index in [4.69, 9.17) is 0 Å². The number of amides is 1. The van der Waals surface area contributed by atoms with Gasteiger partial charge >= 0.3 is 0 Å². The first-order valence-electron chi connectivity index (χ1n) is 4.99. The summed E-state index contributed by atoms with van der Waals surface area (Å²) in [6, 6.07) is -0.136. The van der Waals surface area contributed by atoms with Gasteiger partial charge in [-0.1, -0.05) is 0 Å². The molecule has 0 bridgehead atoms. The molecular weight excluding hydrogens is 210 g/mol. The van der Waals surface area contributed by atoms with Crippen molar-refractivity contribution in [3.8, 4) is 0 Å². The fourth-order valence-corrected chi connectivity index (χ4v) is 2.06. The predicted octanol–water partition coefficient (Wildman–Crippen LogP) is 0.718. The minimum Gasteiger partial charge on any atom is -0.358 e. The standard InChI is InChI=1S/C10H17N3OS/c1-7-9(15-6-13-7)4-5-12-8(2)10(14)11-3/h6,8,12H,4-5H2,1-3H3,(H,11,14). The fraction of sp³-hybridized carbons (Fsp3) is 0.600. The second-order valence-electron chi connectivity index (χ2n) is 3.40. The Labute approximate surface area is 94.1 Å². The maximum atomic E-state index is 11.2. The number of hydrogen-bond acceptors (Lipinski definition) is 4. The van der Waals surface area contributed by atoms with Crippen LogP contribution in [0.4, 0.5) is 0 Å². The average Bonchev–Trinajstić information content (AvgIpc) is 2.63. The normalized spacial score (nSPS) is 12.5. The van der Waals surface area contributed by atoms with Crippen molar-refractivity contribution in [2.75, 3.05) is 13.6 Å². The zero-order chi connectivity index (χ0) is 11.3. The Morgan fingerprint density at radius 2 is 2.40 bits per heavy atom. The molecule has 4 nitrogen and oxygen atoms in total. The van der Waals surface area contributed by atoms with E-state index in [9.17, 15) is 4.79 Å². The van der Waals surface area contributed by atoms with E-state index >= 15 is 0 Å². The molecule has 1 heterocycles. The highest BCUT2D eigenvalue weighted by Gasteiger charge is 2.09. The van der Waals surface area contributed by atoms with E-state index in [0.29, 0.717) is 0 Å². The van der Waals surface area contributed by atoms with Gasteiger partial charge in [0.25, 0.3) is 0 Å². The van der Waals surface area contributed by atoms with Crippen molar-refractivity contribution in [3.63, 3.8) is 0 Å². The smallest absolute Gasteiger partial charge is 0.236 e. The largest absolute Gasteiger partial charge is 0.358 e. The van der Waals surface area contributed by atoms with Gasteiger partial charge in [-0.25, -0.2) is 4.98 Å². The van der Waals surface area contributed by atoms with E-state index < -0.39 is 0 Å². The lowest BCUT2D eigenvalue weighted by atomic mass is 10.2. The van der Waals surface area contributed by atoms with E-state index in [1.54, 1.807) is 18.4 Å². The molecule has 0 aromatic carbocycles. The Bertz CT molecular complexity index is 324. The number of aryl methyl sites for hydroxylation is 1. The Morgan fingerprint density at radius 1 is 1.67 bits per heavy atom. The average molecular weight is 227 g/mol. The van der Waals surface area contributed by atoms with Crippen LogP contribution in [0.25, 0.3) is 0 Å². The second-order valence-corrected chi connectivity index (χ2v) is 4.34. The summed E-state index contributed by atoms with van der Waals surface area (Å²) in [6.45, 7) is 4.67. The van der Waals surface area contributed by atoms with Crippen LogP contribution < -0.4 is 10.6 Å². The van der Waals surface area contributed by atoms with Crippen molar-refractivity contribution >= 4 is 17.2 Å². The molecule has 84 valence electrons. The molecule has 5 heteroatoms. The van der Waals surface area contributed by atoms with Gasteiger partial charge in [0.15, 0.2) is 0 Å². The molecule has 0 fully saturated rings. The van der Waals surface area contributed by atoms with Crippen LogP contribution >= 0.6 is 11.3 Å². The van der Waals surface area contributed by atoms with E-state index in [-0.39, 0.29) is 11.9 Å². The maximum Gasteiger partial charge on any atom is 0.236 e. The van der Waals surface area contributed by atoms with Crippen LogP contribution in [-0.4, -0.2) is 30.5 Å². The number of carbonyl (C=O) groups is 1. The number of nitrogens with zero attached hydrogens (tertiary/aromatic N) is 1. The minimum absolute atomic E-state index is 0.0241. The van der Waals surface area contributed by atoms with Gasteiger partial charge in [-0.05, 0) is 20.3 Å². The topological polar surface area (TPSA) is 54.0 Å². The van der Waals surface area contributed by atoms with E-state index in [1.807, 2.05) is 19.4 Å². The van der Waals surface area contributed by atoms with Gasteiger partial charge in [0.1, 0.15) is 0 Å². The third-order valence-corrected chi connectivity index (χ3v) is 3.28. The Kier molecular flexibility index (Phi) is 4.71. The molecule has 1 atom stereocenters. The summed E-state index contributed by atoms with van der Waals surface area (Å²) in [5, 5.41) is 5.77. The Morgan fingerprint density at radius 3 is 2.93 bits per heavy atom. The molecule has 1 amide bonds. The predicted molar refractivity (Wildman–Crippen MR) is 62.1 cm³/mol. The molecule has 0 saturated carbocycles. The number of thiazole rings is 1. The van der Waals surface area contributed by atoms with Crippen molar-refractivity contribution < 1.29 is 4.79 Å². The molecule has 0 radical (unpaired) electrons. The highest BCUT2D eigenvalue weighted by Crippen LogP contribution is 2.11. The molecule has 1 rings (SSSR count). The third kappa shape index (κ3) is 3.60. The van der Waals surface area contributed by atoms with Gasteiger partial charge in [-0.15, -0.1) is 11.3 Å². The van der Waals surface area contributed by atoms with Gasteiger partial charge in [0.05, 0.1) is 17.2 Å². The quantitative estimate of drug-likeness (QED) is 0.779. The second kappa shape index (κ2) is 5.82.